The van der Waals surface area contributed by atoms with Crippen molar-refractivity contribution in [3.8, 4) is 17.2 Å². The predicted molar refractivity (Wildman–Crippen MR) is 128 cm³/mol. The average Bonchev–Trinajstić information content (AvgIpc) is 3.12. The average molecular weight is 459 g/mol. The Morgan fingerprint density at radius 2 is 1.59 bits per heavy atom. The zero-order valence-electron chi connectivity index (χ0n) is 18.9. The SMILES string of the molecule is CCOc1ccc(N2C(=O)C(=O)/C(=C(\O)c3ccccc3)C2c2ccc(O)c(OCC)c2)cc1. The van der Waals surface area contributed by atoms with Gasteiger partial charge in [-0.1, -0.05) is 36.4 Å². The van der Waals surface area contributed by atoms with Gasteiger partial charge in [0.1, 0.15) is 11.5 Å². The molecule has 0 aliphatic carbocycles. The zero-order chi connectivity index (χ0) is 24.2. The molecule has 0 aromatic heterocycles. The number of rotatable bonds is 7. The van der Waals surface area contributed by atoms with Gasteiger partial charge in [0.2, 0.25) is 0 Å². The lowest BCUT2D eigenvalue weighted by Crippen LogP contribution is -2.29. The lowest BCUT2D eigenvalue weighted by atomic mass is 9.94. The lowest BCUT2D eigenvalue weighted by molar-refractivity contribution is -0.132. The summed E-state index contributed by atoms with van der Waals surface area (Å²) in [7, 11) is 0. The number of amides is 1. The van der Waals surface area contributed by atoms with E-state index in [1.807, 2.05) is 6.92 Å². The highest BCUT2D eigenvalue weighted by Gasteiger charge is 2.47. The second-order valence-electron chi connectivity index (χ2n) is 7.62. The molecule has 4 rings (SSSR count). The van der Waals surface area contributed by atoms with Crippen molar-refractivity contribution < 1.29 is 29.3 Å². The fraction of sp³-hybridized carbons (Fsp3) is 0.185. The minimum absolute atomic E-state index is 0.0433. The number of benzene rings is 3. The van der Waals surface area contributed by atoms with Crippen molar-refractivity contribution in [2.75, 3.05) is 18.1 Å². The molecule has 3 aromatic rings. The molecule has 1 fully saturated rings. The van der Waals surface area contributed by atoms with Crippen LogP contribution in [0.2, 0.25) is 0 Å². The van der Waals surface area contributed by atoms with Gasteiger partial charge in [0.25, 0.3) is 11.7 Å². The maximum atomic E-state index is 13.2. The fourth-order valence-electron chi connectivity index (χ4n) is 4.01. The molecule has 0 saturated carbocycles. The Bertz CT molecular complexity index is 1230. The fourth-order valence-corrected chi connectivity index (χ4v) is 4.01. The van der Waals surface area contributed by atoms with Crippen molar-refractivity contribution in [2.24, 2.45) is 0 Å². The number of anilines is 1. The molecule has 1 aliphatic heterocycles. The summed E-state index contributed by atoms with van der Waals surface area (Å²) < 4.78 is 11.0. The van der Waals surface area contributed by atoms with E-state index in [0.29, 0.717) is 35.8 Å². The van der Waals surface area contributed by atoms with Gasteiger partial charge in [-0.25, -0.2) is 0 Å². The van der Waals surface area contributed by atoms with Crippen LogP contribution in [0.25, 0.3) is 5.76 Å². The first kappa shape index (κ1) is 22.9. The molecule has 1 unspecified atom stereocenters. The molecule has 0 bridgehead atoms. The normalized spacial score (nSPS) is 17.1. The summed E-state index contributed by atoms with van der Waals surface area (Å²) in [6.45, 7) is 4.47. The number of hydrogen-bond donors (Lipinski definition) is 2. The molecule has 1 amide bonds. The van der Waals surface area contributed by atoms with Gasteiger partial charge in [0.05, 0.1) is 24.8 Å². The third-order valence-corrected chi connectivity index (χ3v) is 5.52. The quantitative estimate of drug-likeness (QED) is 0.299. The molecule has 1 aliphatic rings. The van der Waals surface area contributed by atoms with E-state index in [-0.39, 0.29) is 22.8 Å². The van der Waals surface area contributed by atoms with Crippen molar-refractivity contribution in [1.29, 1.82) is 0 Å². The van der Waals surface area contributed by atoms with E-state index < -0.39 is 17.7 Å². The number of carbonyl (C=O) groups is 2. The number of carbonyl (C=O) groups excluding carboxylic acids is 2. The monoisotopic (exact) mass is 459 g/mol. The van der Waals surface area contributed by atoms with E-state index in [0.717, 1.165) is 0 Å². The first-order chi connectivity index (χ1) is 16.5. The summed E-state index contributed by atoms with van der Waals surface area (Å²) in [5.41, 5.74) is 1.35. The van der Waals surface area contributed by atoms with E-state index in [1.54, 1.807) is 73.7 Å². The Hall–Kier alpha value is -4.26. The van der Waals surface area contributed by atoms with Crippen LogP contribution in [0.4, 0.5) is 5.69 Å². The summed E-state index contributed by atoms with van der Waals surface area (Å²) in [6, 6.07) is 19.1. The minimum atomic E-state index is -0.932. The van der Waals surface area contributed by atoms with Gasteiger partial charge < -0.3 is 19.7 Å². The highest BCUT2D eigenvalue weighted by atomic mass is 16.5. The second-order valence-corrected chi connectivity index (χ2v) is 7.62. The number of aromatic hydroxyl groups is 1. The van der Waals surface area contributed by atoms with Gasteiger partial charge in [-0.3, -0.25) is 14.5 Å². The Balaban J connectivity index is 1.91. The van der Waals surface area contributed by atoms with Gasteiger partial charge in [0.15, 0.2) is 11.5 Å². The summed E-state index contributed by atoms with van der Waals surface area (Å²) in [6.07, 6.45) is 0. The van der Waals surface area contributed by atoms with E-state index in [9.17, 15) is 19.8 Å². The first-order valence-corrected chi connectivity index (χ1v) is 11.0. The Morgan fingerprint density at radius 1 is 0.912 bits per heavy atom. The van der Waals surface area contributed by atoms with Crippen molar-refractivity contribution in [1.82, 2.24) is 0 Å². The van der Waals surface area contributed by atoms with Crippen molar-refractivity contribution in [3.05, 3.63) is 89.5 Å². The number of phenolic OH excluding ortho intramolecular Hbond substituents is 1. The summed E-state index contributed by atoms with van der Waals surface area (Å²) in [5, 5.41) is 21.3. The second kappa shape index (κ2) is 9.70. The van der Waals surface area contributed by atoms with Gasteiger partial charge in [0, 0.05) is 11.3 Å². The first-order valence-electron chi connectivity index (χ1n) is 11.0. The van der Waals surface area contributed by atoms with Crippen LogP contribution in [0.1, 0.15) is 31.0 Å². The number of ether oxygens (including phenoxy) is 2. The summed E-state index contributed by atoms with van der Waals surface area (Å²) >= 11 is 0. The van der Waals surface area contributed by atoms with Crippen LogP contribution < -0.4 is 14.4 Å². The van der Waals surface area contributed by atoms with Crippen LogP contribution in [-0.4, -0.2) is 35.1 Å². The van der Waals surface area contributed by atoms with Crippen LogP contribution in [0, 0.1) is 0 Å². The molecule has 1 atom stereocenters. The molecule has 174 valence electrons. The maximum Gasteiger partial charge on any atom is 0.300 e. The van der Waals surface area contributed by atoms with Crippen LogP contribution in [-0.2, 0) is 9.59 Å². The van der Waals surface area contributed by atoms with Gasteiger partial charge in [-0.05, 0) is 55.8 Å². The molecular formula is C27H25NO6. The van der Waals surface area contributed by atoms with Crippen LogP contribution in [0.5, 0.6) is 17.2 Å². The number of aliphatic hydroxyl groups excluding tert-OH is 1. The standard InChI is InChI=1S/C27H25NO6/c1-3-33-20-13-11-19(12-14-20)28-24(18-10-15-21(29)22(16-18)34-4-2)23(26(31)27(28)32)25(30)17-8-6-5-7-9-17/h5-16,24,29-30H,3-4H2,1-2H3/b25-23-. The molecule has 1 saturated heterocycles. The van der Waals surface area contributed by atoms with Crippen molar-refractivity contribution in [2.45, 2.75) is 19.9 Å². The molecule has 0 radical (unpaired) electrons. The van der Waals surface area contributed by atoms with Crippen LogP contribution >= 0.6 is 0 Å². The predicted octanol–water partition coefficient (Wildman–Crippen LogP) is 4.82. The maximum absolute atomic E-state index is 13.2. The zero-order valence-corrected chi connectivity index (χ0v) is 18.9. The highest BCUT2D eigenvalue weighted by molar-refractivity contribution is 6.51. The summed E-state index contributed by atoms with van der Waals surface area (Å²) in [4.78, 5) is 27.8. The van der Waals surface area contributed by atoms with Gasteiger partial charge in [-0.2, -0.15) is 0 Å². The number of hydrogen-bond acceptors (Lipinski definition) is 6. The number of Topliss-reactive ketones (excluding diaryl/α,β-unsaturated/α-hetero) is 1. The Labute approximate surface area is 197 Å². The molecule has 0 spiro atoms. The van der Waals surface area contributed by atoms with Gasteiger partial charge in [-0.15, -0.1) is 0 Å². The van der Waals surface area contributed by atoms with Crippen molar-refractivity contribution >= 4 is 23.1 Å². The smallest absolute Gasteiger partial charge is 0.300 e. The van der Waals surface area contributed by atoms with E-state index in [4.69, 9.17) is 9.47 Å². The number of nitrogens with zero attached hydrogens (tertiary/aromatic N) is 1. The lowest BCUT2D eigenvalue weighted by Gasteiger charge is -2.26. The third-order valence-electron chi connectivity index (χ3n) is 5.52. The van der Waals surface area contributed by atoms with Crippen LogP contribution in [0.15, 0.2) is 78.4 Å². The highest BCUT2D eigenvalue weighted by Crippen LogP contribution is 2.44. The van der Waals surface area contributed by atoms with E-state index in [2.05, 4.69) is 0 Å². The number of phenols is 1. The summed E-state index contributed by atoms with van der Waals surface area (Å²) in [5.74, 6) is -1.05. The molecular weight excluding hydrogens is 434 g/mol. The molecule has 7 heteroatoms. The number of aliphatic hydroxyl groups is 1. The Morgan fingerprint density at radius 3 is 2.24 bits per heavy atom. The molecule has 7 nitrogen and oxygen atoms in total. The molecule has 34 heavy (non-hydrogen) atoms. The van der Waals surface area contributed by atoms with Crippen LogP contribution in [0.3, 0.4) is 0 Å². The Kier molecular flexibility index (Phi) is 6.54. The molecule has 2 N–H and O–H groups in total. The number of ketones is 1. The largest absolute Gasteiger partial charge is 0.507 e. The van der Waals surface area contributed by atoms with Gasteiger partial charge >= 0.3 is 0 Å². The van der Waals surface area contributed by atoms with E-state index >= 15 is 0 Å². The molecule has 1 heterocycles. The van der Waals surface area contributed by atoms with E-state index in [1.165, 1.54) is 11.0 Å². The van der Waals surface area contributed by atoms with Crippen molar-refractivity contribution in [3.63, 3.8) is 0 Å². The topological polar surface area (TPSA) is 96.3 Å². The third kappa shape index (κ3) is 4.20. The molecule has 3 aromatic carbocycles. The minimum Gasteiger partial charge on any atom is -0.507 e.